The molecule has 0 aromatic carbocycles. The molecule has 0 aliphatic rings. The van der Waals surface area contributed by atoms with E-state index in [0.29, 0.717) is 11.4 Å². The van der Waals surface area contributed by atoms with E-state index in [1.807, 2.05) is 27.7 Å². The van der Waals surface area contributed by atoms with E-state index in [4.69, 9.17) is 15.6 Å². The molecule has 0 aromatic heterocycles. The SMILES string of the molecule is CCC(C)C(=N)C(C)OC(C)C(=N)C(C)CC. The highest BCUT2D eigenvalue weighted by molar-refractivity contribution is 5.89. The van der Waals surface area contributed by atoms with Crippen molar-refractivity contribution in [2.75, 3.05) is 0 Å². The zero-order valence-corrected chi connectivity index (χ0v) is 12.1. The molecule has 3 nitrogen and oxygen atoms in total. The maximum atomic E-state index is 7.99. The molecule has 0 amide bonds. The van der Waals surface area contributed by atoms with Gasteiger partial charge in [0.15, 0.2) is 0 Å². The van der Waals surface area contributed by atoms with Crippen molar-refractivity contribution in [2.24, 2.45) is 11.8 Å². The molecule has 0 spiro atoms. The molecule has 100 valence electrons. The quantitative estimate of drug-likeness (QED) is 0.621. The molecule has 0 radical (unpaired) electrons. The highest BCUT2D eigenvalue weighted by Crippen LogP contribution is 2.14. The van der Waals surface area contributed by atoms with E-state index in [0.717, 1.165) is 12.8 Å². The normalized spacial score (nSPS) is 18.2. The van der Waals surface area contributed by atoms with Crippen molar-refractivity contribution < 1.29 is 4.74 Å². The fourth-order valence-corrected chi connectivity index (χ4v) is 1.69. The molecule has 0 aromatic rings. The van der Waals surface area contributed by atoms with Crippen LogP contribution in [0.2, 0.25) is 0 Å². The lowest BCUT2D eigenvalue weighted by molar-refractivity contribution is 0.0791. The van der Waals surface area contributed by atoms with Crippen molar-refractivity contribution in [1.82, 2.24) is 0 Å². The first-order chi connectivity index (χ1) is 7.84. The van der Waals surface area contributed by atoms with Crippen LogP contribution in [0.25, 0.3) is 0 Å². The molecule has 17 heavy (non-hydrogen) atoms. The summed E-state index contributed by atoms with van der Waals surface area (Å²) in [5.41, 5.74) is 1.27. The van der Waals surface area contributed by atoms with Crippen LogP contribution in [-0.2, 0) is 4.74 Å². The van der Waals surface area contributed by atoms with Gasteiger partial charge in [0.1, 0.15) is 0 Å². The van der Waals surface area contributed by atoms with Crippen molar-refractivity contribution in [3.63, 3.8) is 0 Å². The Morgan fingerprint density at radius 3 is 1.35 bits per heavy atom. The first-order valence-electron chi connectivity index (χ1n) is 6.67. The number of hydrogen-bond donors (Lipinski definition) is 2. The summed E-state index contributed by atoms with van der Waals surface area (Å²) in [6.07, 6.45) is 1.54. The Morgan fingerprint density at radius 2 is 1.12 bits per heavy atom. The molecular weight excluding hydrogens is 212 g/mol. The second-order valence-corrected chi connectivity index (χ2v) is 4.95. The Balaban J connectivity index is 4.34. The maximum Gasteiger partial charge on any atom is 0.0932 e. The monoisotopic (exact) mass is 240 g/mol. The van der Waals surface area contributed by atoms with Crippen molar-refractivity contribution in [3.05, 3.63) is 0 Å². The summed E-state index contributed by atoms with van der Waals surface area (Å²) in [6.45, 7) is 12.1. The molecule has 0 heterocycles. The summed E-state index contributed by atoms with van der Waals surface area (Å²) < 4.78 is 5.77. The predicted molar refractivity (Wildman–Crippen MR) is 74.4 cm³/mol. The molecule has 0 aliphatic carbocycles. The summed E-state index contributed by atoms with van der Waals surface area (Å²) in [6, 6.07) is 0. The highest BCUT2D eigenvalue weighted by atomic mass is 16.5. The number of rotatable bonds is 8. The van der Waals surface area contributed by atoms with Crippen LogP contribution in [0.1, 0.15) is 54.4 Å². The Bertz CT molecular complexity index is 237. The zero-order chi connectivity index (χ0) is 13.6. The molecule has 0 saturated carbocycles. The smallest absolute Gasteiger partial charge is 0.0932 e. The van der Waals surface area contributed by atoms with Crippen molar-refractivity contribution in [2.45, 2.75) is 66.6 Å². The second kappa shape index (κ2) is 7.59. The van der Waals surface area contributed by atoms with Crippen LogP contribution in [0.3, 0.4) is 0 Å². The third-order valence-electron chi connectivity index (χ3n) is 3.57. The number of nitrogens with one attached hydrogen (secondary N) is 2. The van der Waals surface area contributed by atoms with E-state index >= 15 is 0 Å². The Kier molecular flexibility index (Phi) is 7.28. The van der Waals surface area contributed by atoms with Gasteiger partial charge >= 0.3 is 0 Å². The van der Waals surface area contributed by atoms with Crippen LogP contribution < -0.4 is 0 Å². The predicted octanol–water partition coefficient (Wildman–Crippen LogP) is 3.91. The van der Waals surface area contributed by atoms with Gasteiger partial charge in [-0.2, -0.15) is 0 Å². The fraction of sp³-hybridized carbons (Fsp3) is 0.857. The Hall–Kier alpha value is -0.700. The molecule has 2 N–H and O–H groups in total. The van der Waals surface area contributed by atoms with Gasteiger partial charge < -0.3 is 15.6 Å². The minimum Gasteiger partial charge on any atom is -0.364 e. The molecule has 4 atom stereocenters. The molecule has 4 unspecified atom stereocenters. The average Bonchev–Trinajstić information content (AvgIpc) is 2.34. The third kappa shape index (κ3) is 4.99. The lowest BCUT2D eigenvalue weighted by Gasteiger charge is -2.25. The minimum absolute atomic E-state index is 0.190. The molecular formula is C14H28N2O. The first kappa shape index (κ1) is 16.3. The summed E-state index contributed by atoms with van der Waals surface area (Å²) in [5.74, 6) is 0.518. The summed E-state index contributed by atoms with van der Waals surface area (Å²) in [5, 5.41) is 16.0. The largest absolute Gasteiger partial charge is 0.364 e. The van der Waals surface area contributed by atoms with Gasteiger partial charge in [-0.3, -0.25) is 0 Å². The van der Waals surface area contributed by atoms with E-state index < -0.39 is 0 Å². The third-order valence-corrected chi connectivity index (χ3v) is 3.57. The topological polar surface area (TPSA) is 56.9 Å². The first-order valence-corrected chi connectivity index (χ1v) is 6.67. The summed E-state index contributed by atoms with van der Waals surface area (Å²) >= 11 is 0. The Morgan fingerprint density at radius 1 is 0.824 bits per heavy atom. The summed E-state index contributed by atoms with van der Waals surface area (Å²) in [7, 11) is 0. The zero-order valence-electron chi connectivity index (χ0n) is 12.1. The van der Waals surface area contributed by atoms with Crippen LogP contribution in [0.4, 0.5) is 0 Å². The van der Waals surface area contributed by atoms with Gasteiger partial charge in [0, 0.05) is 11.4 Å². The summed E-state index contributed by atoms with van der Waals surface area (Å²) in [4.78, 5) is 0. The Labute approximate surface area is 106 Å². The maximum absolute atomic E-state index is 7.99. The molecule has 0 rings (SSSR count). The average molecular weight is 240 g/mol. The molecule has 3 heteroatoms. The van der Waals surface area contributed by atoms with Gasteiger partial charge in [-0.1, -0.05) is 27.7 Å². The van der Waals surface area contributed by atoms with E-state index in [9.17, 15) is 0 Å². The van der Waals surface area contributed by atoms with Crippen LogP contribution in [0, 0.1) is 22.7 Å². The molecule has 0 saturated heterocycles. The lowest BCUT2D eigenvalue weighted by Crippen LogP contribution is -2.34. The van der Waals surface area contributed by atoms with Gasteiger partial charge in [0.25, 0.3) is 0 Å². The minimum atomic E-state index is -0.190. The fourth-order valence-electron chi connectivity index (χ4n) is 1.69. The van der Waals surface area contributed by atoms with E-state index in [1.165, 1.54) is 0 Å². The lowest BCUT2D eigenvalue weighted by atomic mass is 9.97. The highest BCUT2D eigenvalue weighted by Gasteiger charge is 2.21. The van der Waals surface area contributed by atoms with Crippen LogP contribution >= 0.6 is 0 Å². The van der Waals surface area contributed by atoms with Crippen molar-refractivity contribution in [1.29, 1.82) is 10.8 Å². The molecule has 0 aliphatic heterocycles. The van der Waals surface area contributed by atoms with Crippen LogP contribution in [0.5, 0.6) is 0 Å². The van der Waals surface area contributed by atoms with Crippen molar-refractivity contribution in [3.8, 4) is 0 Å². The van der Waals surface area contributed by atoms with Gasteiger partial charge in [-0.15, -0.1) is 0 Å². The second-order valence-electron chi connectivity index (χ2n) is 4.95. The molecule has 0 bridgehead atoms. The van der Waals surface area contributed by atoms with Crippen molar-refractivity contribution >= 4 is 11.4 Å². The standard InChI is InChI=1S/C14H28N2O/c1-7-9(3)13(15)11(5)17-12(6)14(16)10(4)8-2/h9-12,15-16H,7-8H2,1-6H3. The van der Waals surface area contributed by atoms with Crippen LogP contribution in [0.15, 0.2) is 0 Å². The van der Waals surface area contributed by atoms with E-state index in [2.05, 4.69) is 13.8 Å². The number of ether oxygens (including phenoxy) is 1. The van der Waals surface area contributed by atoms with Crippen LogP contribution in [-0.4, -0.2) is 23.6 Å². The van der Waals surface area contributed by atoms with E-state index in [-0.39, 0.29) is 24.0 Å². The van der Waals surface area contributed by atoms with Gasteiger partial charge in [0.2, 0.25) is 0 Å². The van der Waals surface area contributed by atoms with Gasteiger partial charge in [-0.05, 0) is 38.5 Å². The molecule has 0 fully saturated rings. The van der Waals surface area contributed by atoms with Gasteiger partial charge in [0.05, 0.1) is 12.2 Å². The number of hydrogen-bond acceptors (Lipinski definition) is 3. The van der Waals surface area contributed by atoms with E-state index in [1.54, 1.807) is 0 Å². The van der Waals surface area contributed by atoms with Gasteiger partial charge in [-0.25, -0.2) is 0 Å².